The summed E-state index contributed by atoms with van der Waals surface area (Å²) in [6.45, 7) is 6.49. The van der Waals surface area contributed by atoms with Crippen molar-refractivity contribution >= 4 is 27.2 Å². The highest BCUT2D eigenvalue weighted by Gasteiger charge is 2.25. The Morgan fingerprint density at radius 1 is 1.15 bits per heavy atom. The van der Waals surface area contributed by atoms with E-state index >= 15 is 0 Å². The third kappa shape index (κ3) is 1.62. The molecule has 5 heteroatoms. The fourth-order valence-corrected chi connectivity index (χ4v) is 4.29. The van der Waals surface area contributed by atoms with E-state index in [2.05, 4.69) is 40.4 Å². The first-order valence-corrected chi connectivity index (χ1v) is 8.02. The Kier molecular flexibility index (Phi) is 2.46. The van der Waals surface area contributed by atoms with Crippen molar-refractivity contribution in [1.82, 2.24) is 19.6 Å². The van der Waals surface area contributed by atoms with E-state index in [0.29, 0.717) is 0 Å². The second kappa shape index (κ2) is 4.01. The van der Waals surface area contributed by atoms with Gasteiger partial charge >= 0.3 is 0 Å². The van der Waals surface area contributed by atoms with Gasteiger partial charge in [0, 0.05) is 10.3 Å². The summed E-state index contributed by atoms with van der Waals surface area (Å²) < 4.78 is 2.07. The van der Waals surface area contributed by atoms with Crippen LogP contribution < -0.4 is 0 Å². The van der Waals surface area contributed by atoms with Gasteiger partial charge in [0.2, 0.25) is 0 Å². The summed E-state index contributed by atoms with van der Waals surface area (Å²) in [5.74, 6) is 0.984. The van der Waals surface area contributed by atoms with Crippen LogP contribution in [0.2, 0.25) is 0 Å². The Bertz CT molecular complexity index is 807. The smallest absolute Gasteiger partial charge is 0.172 e. The van der Waals surface area contributed by atoms with Gasteiger partial charge in [0.1, 0.15) is 17.0 Å². The van der Waals surface area contributed by atoms with E-state index < -0.39 is 0 Å². The van der Waals surface area contributed by atoms with E-state index in [1.807, 2.05) is 17.7 Å². The number of thiophene rings is 1. The average molecular weight is 286 g/mol. The lowest BCUT2D eigenvalue weighted by molar-refractivity contribution is 0.538. The summed E-state index contributed by atoms with van der Waals surface area (Å²) in [6, 6.07) is 0. The molecule has 0 amide bonds. The molecule has 20 heavy (non-hydrogen) atoms. The number of hydrogen-bond donors (Lipinski definition) is 0. The third-order valence-electron chi connectivity index (χ3n) is 4.03. The topological polar surface area (TPSA) is 43.1 Å². The predicted octanol–water partition coefficient (Wildman–Crippen LogP) is 3.52. The average Bonchev–Trinajstić information content (AvgIpc) is 2.98. The van der Waals surface area contributed by atoms with Crippen LogP contribution in [0, 0.1) is 0 Å². The highest BCUT2D eigenvalue weighted by atomic mass is 32.1. The largest absolute Gasteiger partial charge is 0.268 e. The lowest BCUT2D eigenvalue weighted by Gasteiger charge is -2.15. The number of fused-ring (bicyclic) bond motifs is 5. The number of rotatable bonds is 0. The van der Waals surface area contributed by atoms with Crippen molar-refractivity contribution in [3.63, 3.8) is 0 Å². The van der Waals surface area contributed by atoms with Crippen molar-refractivity contribution in [2.45, 2.75) is 51.9 Å². The summed E-state index contributed by atoms with van der Waals surface area (Å²) in [4.78, 5) is 7.29. The molecule has 3 heterocycles. The molecule has 0 saturated carbocycles. The fourth-order valence-electron chi connectivity index (χ4n) is 3.07. The molecule has 0 N–H and O–H groups in total. The maximum absolute atomic E-state index is 4.66. The van der Waals surface area contributed by atoms with Crippen molar-refractivity contribution < 1.29 is 0 Å². The Morgan fingerprint density at radius 2 is 1.95 bits per heavy atom. The summed E-state index contributed by atoms with van der Waals surface area (Å²) in [6.07, 6.45) is 6.83. The number of aromatic nitrogens is 4. The first-order chi connectivity index (χ1) is 9.55. The normalized spacial score (nSPS) is 15.9. The van der Waals surface area contributed by atoms with Crippen molar-refractivity contribution in [3.05, 3.63) is 22.6 Å². The Labute approximate surface area is 121 Å². The van der Waals surface area contributed by atoms with Crippen LogP contribution in [0.3, 0.4) is 0 Å². The molecule has 4 nitrogen and oxygen atoms in total. The minimum absolute atomic E-state index is 0.0230. The van der Waals surface area contributed by atoms with Gasteiger partial charge in [-0.1, -0.05) is 20.8 Å². The van der Waals surface area contributed by atoms with Gasteiger partial charge in [-0.15, -0.1) is 21.5 Å². The SMILES string of the molecule is CC(C)(C)c1nnc2c3c4c(sc3ncn12)CCCC4. The van der Waals surface area contributed by atoms with Gasteiger partial charge < -0.3 is 0 Å². The third-order valence-corrected chi connectivity index (χ3v) is 5.23. The van der Waals surface area contributed by atoms with Crippen LogP contribution in [0.1, 0.15) is 49.9 Å². The first-order valence-electron chi connectivity index (χ1n) is 7.20. The first kappa shape index (κ1) is 12.3. The maximum atomic E-state index is 4.66. The molecule has 3 aromatic heterocycles. The molecular formula is C15H18N4S. The van der Waals surface area contributed by atoms with Gasteiger partial charge in [-0.2, -0.15) is 0 Å². The zero-order valence-corrected chi connectivity index (χ0v) is 12.9. The van der Waals surface area contributed by atoms with Crippen molar-refractivity contribution in [2.24, 2.45) is 0 Å². The zero-order valence-electron chi connectivity index (χ0n) is 12.1. The summed E-state index contributed by atoms with van der Waals surface area (Å²) in [5, 5.41) is 10.1. The monoisotopic (exact) mass is 286 g/mol. The number of hydrogen-bond acceptors (Lipinski definition) is 4. The molecule has 104 valence electrons. The van der Waals surface area contributed by atoms with E-state index in [-0.39, 0.29) is 5.41 Å². The lowest BCUT2D eigenvalue weighted by Crippen LogP contribution is -2.16. The minimum atomic E-state index is -0.0230. The van der Waals surface area contributed by atoms with Crippen molar-refractivity contribution in [3.8, 4) is 0 Å². The highest BCUT2D eigenvalue weighted by molar-refractivity contribution is 7.19. The second-order valence-corrected chi connectivity index (χ2v) is 7.69. The summed E-state index contributed by atoms with van der Waals surface area (Å²) in [5.41, 5.74) is 2.44. The molecule has 0 atom stereocenters. The van der Waals surface area contributed by atoms with E-state index in [0.717, 1.165) is 22.7 Å². The highest BCUT2D eigenvalue weighted by Crippen LogP contribution is 2.37. The molecule has 0 unspecified atom stereocenters. The van der Waals surface area contributed by atoms with Gasteiger partial charge in [-0.25, -0.2) is 4.98 Å². The van der Waals surface area contributed by atoms with E-state index in [1.54, 1.807) is 0 Å². The molecular weight excluding hydrogens is 268 g/mol. The molecule has 0 bridgehead atoms. The lowest BCUT2D eigenvalue weighted by atomic mass is 9.95. The standard InChI is InChI=1S/C15H18N4S/c1-15(2,3)14-18-17-12-11-9-6-4-5-7-10(9)20-13(11)16-8-19(12)14/h8H,4-7H2,1-3H3. The van der Waals surface area contributed by atoms with E-state index in [1.165, 1.54) is 35.1 Å². The van der Waals surface area contributed by atoms with Gasteiger partial charge in [-0.05, 0) is 31.2 Å². The molecule has 0 spiro atoms. The molecule has 1 aliphatic carbocycles. The van der Waals surface area contributed by atoms with Crippen LogP contribution in [0.15, 0.2) is 6.33 Å². The van der Waals surface area contributed by atoms with Crippen molar-refractivity contribution in [1.29, 1.82) is 0 Å². The molecule has 0 fully saturated rings. The zero-order chi connectivity index (χ0) is 13.9. The van der Waals surface area contributed by atoms with Crippen LogP contribution in [-0.4, -0.2) is 19.6 Å². The fraction of sp³-hybridized carbons (Fsp3) is 0.533. The molecule has 0 radical (unpaired) electrons. The van der Waals surface area contributed by atoms with Gasteiger partial charge in [0.25, 0.3) is 0 Å². The quantitative estimate of drug-likeness (QED) is 0.635. The van der Waals surface area contributed by atoms with Gasteiger partial charge in [0.05, 0.1) is 5.39 Å². The van der Waals surface area contributed by atoms with E-state index in [4.69, 9.17) is 0 Å². The summed E-state index contributed by atoms with van der Waals surface area (Å²) >= 11 is 1.84. The molecule has 0 aromatic carbocycles. The summed E-state index contributed by atoms with van der Waals surface area (Å²) in [7, 11) is 0. The minimum Gasteiger partial charge on any atom is -0.268 e. The molecule has 4 rings (SSSR count). The van der Waals surface area contributed by atoms with Crippen LogP contribution >= 0.6 is 11.3 Å². The molecule has 3 aromatic rings. The van der Waals surface area contributed by atoms with E-state index in [9.17, 15) is 0 Å². The number of aryl methyl sites for hydroxylation is 2. The van der Waals surface area contributed by atoms with Gasteiger partial charge in [-0.3, -0.25) is 4.40 Å². The Morgan fingerprint density at radius 3 is 2.75 bits per heavy atom. The molecule has 1 aliphatic rings. The molecule has 0 saturated heterocycles. The van der Waals surface area contributed by atoms with Crippen LogP contribution in [0.4, 0.5) is 0 Å². The van der Waals surface area contributed by atoms with Crippen LogP contribution in [0.5, 0.6) is 0 Å². The molecule has 0 aliphatic heterocycles. The van der Waals surface area contributed by atoms with Crippen molar-refractivity contribution in [2.75, 3.05) is 0 Å². The second-order valence-electron chi connectivity index (χ2n) is 6.60. The predicted molar refractivity (Wildman–Crippen MR) is 81.5 cm³/mol. The van der Waals surface area contributed by atoms with Crippen LogP contribution in [0.25, 0.3) is 15.9 Å². The van der Waals surface area contributed by atoms with Crippen LogP contribution in [-0.2, 0) is 18.3 Å². The maximum Gasteiger partial charge on any atom is 0.172 e. The number of nitrogens with zero attached hydrogens (tertiary/aromatic N) is 4. The van der Waals surface area contributed by atoms with Gasteiger partial charge in [0.15, 0.2) is 5.65 Å². The Balaban J connectivity index is 2.09. The Hall–Kier alpha value is -1.49.